The molecule has 0 aliphatic carbocycles. The Morgan fingerprint density at radius 1 is 1.50 bits per heavy atom. The van der Waals surface area contributed by atoms with E-state index in [1.807, 2.05) is 0 Å². The van der Waals surface area contributed by atoms with Gasteiger partial charge in [-0.15, -0.1) is 0 Å². The molecule has 5 nitrogen and oxygen atoms in total. The summed E-state index contributed by atoms with van der Waals surface area (Å²) in [6, 6.07) is 0. The summed E-state index contributed by atoms with van der Waals surface area (Å²) in [7, 11) is 0. The first-order valence-electron chi connectivity index (χ1n) is 4.32. The minimum Gasteiger partial charge on any atom is -0.466 e. The molecule has 76 valence electrons. The molecule has 0 atom stereocenters. The zero-order valence-corrected chi connectivity index (χ0v) is 7.93. The second-order valence-electron chi connectivity index (χ2n) is 2.65. The fraction of sp³-hybridized carbons (Fsp3) is 0.444. The van der Waals surface area contributed by atoms with Crippen molar-refractivity contribution in [2.45, 2.75) is 20.0 Å². The van der Waals surface area contributed by atoms with Crippen LogP contribution in [0.4, 0.5) is 0 Å². The van der Waals surface area contributed by atoms with E-state index in [9.17, 15) is 4.79 Å². The number of hydrogen-bond donors (Lipinski definition) is 1. The lowest BCUT2D eigenvalue weighted by molar-refractivity contribution is -0.142. The maximum absolute atomic E-state index is 11.0. The summed E-state index contributed by atoms with van der Waals surface area (Å²) < 4.78 is 4.76. The van der Waals surface area contributed by atoms with Crippen LogP contribution < -0.4 is 0 Å². The van der Waals surface area contributed by atoms with Crippen molar-refractivity contribution >= 4 is 5.97 Å². The van der Waals surface area contributed by atoms with E-state index >= 15 is 0 Å². The minimum atomic E-state index is -0.298. The molecular formula is C9H12N2O3. The van der Waals surface area contributed by atoms with Crippen molar-refractivity contribution < 1.29 is 14.6 Å². The third kappa shape index (κ3) is 3.10. The number of aromatic nitrogens is 2. The largest absolute Gasteiger partial charge is 0.466 e. The van der Waals surface area contributed by atoms with Crippen LogP contribution in [0.15, 0.2) is 12.4 Å². The summed E-state index contributed by atoms with van der Waals surface area (Å²) in [5.74, 6) is 0.0467. The van der Waals surface area contributed by atoms with Gasteiger partial charge in [-0.3, -0.25) is 4.79 Å². The molecule has 1 rings (SSSR count). The van der Waals surface area contributed by atoms with Gasteiger partial charge in [-0.1, -0.05) is 0 Å². The zero-order valence-electron chi connectivity index (χ0n) is 7.93. The summed E-state index contributed by atoms with van der Waals surface area (Å²) in [6.45, 7) is 1.93. The predicted octanol–water partition coefficient (Wildman–Crippen LogP) is 0.0745. The van der Waals surface area contributed by atoms with Crippen LogP contribution in [0, 0.1) is 0 Å². The predicted molar refractivity (Wildman–Crippen MR) is 48.3 cm³/mol. The van der Waals surface area contributed by atoms with Crippen LogP contribution in [0.5, 0.6) is 0 Å². The van der Waals surface area contributed by atoms with Gasteiger partial charge in [0.05, 0.1) is 13.0 Å². The molecule has 5 heteroatoms. The summed E-state index contributed by atoms with van der Waals surface area (Å²) >= 11 is 0. The summed E-state index contributed by atoms with van der Waals surface area (Å²) in [6.07, 6.45) is 3.19. The number of carbonyl (C=O) groups is 1. The van der Waals surface area contributed by atoms with E-state index in [1.165, 1.54) is 12.4 Å². The summed E-state index contributed by atoms with van der Waals surface area (Å²) in [5, 5.41) is 8.68. The van der Waals surface area contributed by atoms with Gasteiger partial charge < -0.3 is 9.84 Å². The Balaban J connectivity index is 2.55. The molecule has 1 aromatic rings. The number of carbonyl (C=O) groups excluding carboxylic acids is 1. The number of aliphatic hydroxyl groups is 1. The van der Waals surface area contributed by atoms with Crippen molar-refractivity contribution in [3.05, 3.63) is 23.8 Å². The number of aliphatic hydroxyl groups excluding tert-OH is 1. The van der Waals surface area contributed by atoms with Crippen LogP contribution in [0.3, 0.4) is 0 Å². The van der Waals surface area contributed by atoms with Crippen LogP contribution in [0.25, 0.3) is 0 Å². The molecule has 1 heterocycles. The highest BCUT2D eigenvalue weighted by molar-refractivity contribution is 5.72. The number of esters is 1. The van der Waals surface area contributed by atoms with E-state index in [1.54, 1.807) is 6.92 Å². The molecule has 0 bridgehead atoms. The van der Waals surface area contributed by atoms with Gasteiger partial charge in [0.25, 0.3) is 0 Å². The van der Waals surface area contributed by atoms with Gasteiger partial charge in [0.2, 0.25) is 0 Å². The molecule has 0 fully saturated rings. The molecule has 14 heavy (non-hydrogen) atoms. The lowest BCUT2D eigenvalue weighted by atomic mass is 10.2. The monoisotopic (exact) mass is 196 g/mol. The van der Waals surface area contributed by atoms with Crippen LogP contribution in [-0.4, -0.2) is 27.7 Å². The molecular weight excluding hydrogens is 184 g/mol. The van der Waals surface area contributed by atoms with Crippen LogP contribution in [-0.2, 0) is 22.6 Å². The molecule has 1 aromatic heterocycles. The minimum absolute atomic E-state index is 0.166. The van der Waals surface area contributed by atoms with Crippen molar-refractivity contribution in [3.63, 3.8) is 0 Å². The van der Waals surface area contributed by atoms with E-state index in [0.717, 1.165) is 0 Å². The Morgan fingerprint density at radius 3 is 2.64 bits per heavy atom. The van der Waals surface area contributed by atoms with Gasteiger partial charge in [-0.25, -0.2) is 9.97 Å². The number of nitrogens with zero attached hydrogens (tertiary/aromatic N) is 2. The number of ether oxygens (including phenoxy) is 1. The maximum Gasteiger partial charge on any atom is 0.310 e. The molecule has 0 unspecified atom stereocenters. The summed E-state index contributed by atoms with van der Waals surface area (Å²) in [5.41, 5.74) is 0.681. The first-order chi connectivity index (χ1) is 6.76. The molecule has 0 spiro atoms. The molecule has 0 aromatic carbocycles. The molecule has 1 N–H and O–H groups in total. The van der Waals surface area contributed by atoms with Crippen molar-refractivity contribution in [1.82, 2.24) is 9.97 Å². The fourth-order valence-corrected chi connectivity index (χ4v) is 0.933. The van der Waals surface area contributed by atoms with Gasteiger partial charge in [0.15, 0.2) is 5.82 Å². The quantitative estimate of drug-likeness (QED) is 0.690. The lowest BCUT2D eigenvalue weighted by Gasteiger charge is -2.01. The molecule has 0 radical (unpaired) electrons. The van der Waals surface area contributed by atoms with Gasteiger partial charge in [-0.2, -0.15) is 0 Å². The van der Waals surface area contributed by atoms with Gasteiger partial charge in [0, 0.05) is 12.4 Å². The topological polar surface area (TPSA) is 72.3 Å². The third-order valence-electron chi connectivity index (χ3n) is 1.55. The van der Waals surface area contributed by atoms with E-state index in [0.29, 0.717) is 18.0 Å². The van der Waals surface area contributed by atoms with Crippen molar-refractivity contribution in [2.24, 2.45) is 0 Å². The van der Waals surface area contributed by atoms with Crippen LogP contribution >= 0.6 is 0 Å². The van der Waals surface area contributed by atoms with Crippen LogP contribution in [0.1, 0.15) is 18.3 Å². The van der Waals surface area contributed by atoms with Crippen molar-refractivity contribution in [1.29, 1.82) is 0 Å². The van der Waals surface area contributed by atoms with Crippen molar-refractivity contribution in [3.8, 4) is 0 Å². The Labute approximate surface area is 81.8 Å². The molecule has 0 aliphatic rings. The normalized spacial score (nSPS) is 9.86. The highest BCUT2D eigenvalue weighted by Crippen LogP contribution is 1.99. The fourth-order valence-electron chi connectivity index (χ4n) is 0.933. The van der Waals surface area contributed by atoms with Crippen molar-refractivity contribution in [2.75, 3.05) is 6.61 Å². The SMILES string of the molecule is CCOC(=O)Cc1cnc(CO)nc1. The second-order valence-corrected chi connectivity index (χ2v) is 2.65. The molecule has 0 saturated heterocycles. The van der Waals surface area contributed by atoms with E-state index in [2.05, 4.69) is 9.97 Å². The van der Waals surface area contributed by atoms with Gasteiger partial charge >= 0.3 is 5.97 Å². The first kappa shape index (κ1) is 10.6. The Morgan fingerprint density at radius 2 is 2.14 bits per heavy atom. The molecule has 0 saturated carbocycles. The average molecular weight is 196 g/mol. The zero-order chi connectivity index (χ0) is 10.4. The second kappa shape index (κ2) is 5.29. The lowest BCUT2D eigenvalue weighted by Crippen LogP contribution is -2.08. The van der Waals surface area contributed by atoms with Gasteiger partial charge in [0.1, 0.15) is 6.61 Å². The van der Waals surface area contributed by atoms with E-state index < -0.39 is 0 Å². The van der Waals surface area contributed by atoms with E-state index in [4.69, 9.17) is 9.84 Å². The summed E-state index contributed by atoms with van der Waals surface area (Å²) in [4.78, 5) is 18.7. The third-order valence-corrected chi connectivity index (χ3v) is 1.55. The van der Waals surface area contributed by atoms with Crippen LogP contribution in [0.2, 0.25) is 0 Å². The standard InChI is InChI=1S/C9H12N2O3/c1-2-14-9(13)3-7-4-10-8(6-12)11-5-7/h4-5,12H,2-3,6H2,1H3. The first-order valence-corrected chi connectivity index (χ1v) is 4.32. The maximum atomic E-state index is 11.0. The van der Waals surface area contributed by atoms with Gasteiger partial charge in [-0.05, 0) is 12.5 Å². The highest BCUT2D eigenvalue weighted by atomic mass is 16.5. The molecule has 0 aliphatic heterocycles. The Hall–Kier alpha value is -1.49. The average Bonchev–Trinajstić information content (AvgIpc) is 2.19. The number of hydrogen-bond acceptors (Lipinski definition) is 5. The molecule has 0 amide bonds. The highest BCUT2D eigenvalue weighted by Gasteiger charge is 2.04. The Bertz CT molecular complexity index is 297. The smallest absolute Gasteiger partial charge is 0.310 e. The number of rotatable bonds is 4. The Kier molecular flexibility index (Phi) is 4.00. The van der Waals surface area contributed by atoms with E-state index in [-0.39, 0.29) is 19.0 Å².